The lowest BCUT2D eigenvalue weighted by atomic mass is 10.1. The van der Waals surface area contributed by atoms with Gasteiger partial charge in [-0.25, -0.2) is 0 Å². The highest BCUT2D eigenvalue weighted by atomic mass is 35.5. The molecule has 2 N–H and O–H groups in total. The average molecular weight is 271 g/mol. The van der Waals surface area contributed by atoms with Crippen LogP contribution in [-0.2, 0) is 0 Å². The lowest BCUT2D eigenvalue weighted by Gasteiger charge is -2.27. The van der Waals surface area contributed by atoms with Gasteiger partial charge in [0.25, 0.3) is 0 Å². The zero-order valence-electron chi connectivity index (χ0n) is 10.3. The minimum Gasteiger partial charge on any atom is -0.370 e. The van der Waals surface area contributed by atoms with Gasteiger partial charge in [-0.05, 0) is 36.8 Å². The van der Waals surface area contributed by atoms with Crippen molar-refractivity contribution in [2.75, 3.05) is 23.5 Å². The van der Waals surface area contributed by atoms with E-state index in [0.29, 0.717) is 6.04 Å². The van der Waals surface area contributed by atoms with Gasteiger partial charge in [-0.3, -0.25) is 0 Å². The van der Waals surface area contributed by atoms with Crippen LogP contribution in [-0.4, -0.2) is 24.6 Å². The van der Waals surface area contributed by atoms with E-state index < -0.39 is 0 Å². The van der Waals surface area contributed by atoms with Crippen LogP contribution in [0, 0.1) is 0 Å². The van der Waals surface area contributed by atoms with E-state index in [0.717, 1.165) is 16.3 Å². The second-order valence-electron chi connectivity index (χ2n) is 4.63. The van der Waals surface area contributed by atoms with Crippen molar-refractivity contribution < 1.29 is 0 Å². The summed E-state index contributed by atoms with van der Waals surface area (Å²) >= 11 is 8.36. The standard InChI is InChI=1S/C13H19ClN2S/c1-9(15)10-3-4-13(12(14)7-10)16(2)11-5-6-17-8-11/h3-4,7,9,11H,5-6,8,15H2,1-2H3/t9-,11?/m1/s1. The normalized spacial score (nSPS) is 21.5. The molecule has 1 aromatic carbocycles. The first-order chi connectivity index (χ1) is 8.09. The van der Waals surface area contributed by atoms with Gasteiger partial charge in [0.1, 0.15) is 0 Å². The molecule has 1 aliphatic rings. The maximum atomic E-state index is 6.34. The van der Waals surface area contributed by atoms with Crippen LogP contribution in [0.2, 0.25) is 5.02 Å². The molecule has 0 saturated carbocycles. The second-order valence-corrected chi connectivity index (χ2v) is 6.18. The number of hydrogen-bond donors (Lipinski definition) is 1. The van der Waals surface area contributed by atoms with E-state index in [1.54, 1.807) is 0 Å². The molecule has 0 amide bonds. The molecule has 2 atom stereocenters. The number of anilines is 1. The van der Waals surface area contributed by atoms with E-state index >= 15 is 0 Å². The summed E-state index contributed by atoms with van der Waals surface area (Å²) in [5.74, 6) is 2.45. The van der Waals surface area contributed by atoms with Crippen molar-refractivity contribution in [2.24, 2.45) is 5.73 Å². The van der Waals surface area contributed by atoms with E-state index in [4.69, 9.17) is 17.3 Å². The quantitative estimate of drug-likeness (QED) is 0.914. The zero-order chi connectivity index (χ0) is 12.4. The van der Waals surface area contributed by atoms with Crippen LogP contribution in [0.1, 0.15) is 24.9 Å². The van der Waals surface area contributed by atoms with E-state index in [9.17, 15) is 0 Å². The van der Waals surface area contributed by atoms with Crippen LogP contribution < -0.4 is 10.6 Å². The molecule has 2 nitrogen and oxygen atoms in total. The molecule has 0 aromatic heterocycles. The Bertz CT molecular complexity index is 389. The van der Waals surface area contributed by atoms with Crippen molar-refractivity contribution in [3.8, 4) is 0 Å². The Labute approximate surface area is 113 Å². The summed E-state index contributed by atoms with van der Waals surface area (Å²) in [4.78, 5) is 2.30. The third-order valence-electron chi connectivity index (χ3n) is 3.33. The van der Waals surface area contributed by atoms with Crippen LogP contribution in [0.4, 0.5) is 5.69 Å². The Balaban J connectivity index is 2.20. The predicted molar refractivity (Wildman–Crippen MR) is 78.2 cm³/mol. The summed E-state index contributed by atoms with van der Waals surface area (Å²) in [5.41, 5.74) is 8.06. The van der Waals surface area contributed by atoms with Crippen LogP contribution in [0.25, 0.3) is 0 Å². The molecule has 0 aliphatic carbocycles. The molecular weight excluding hydrogens is 252 g/mol. The lowest BCUT2D eigenvalue weighted by Crippen LogP contribution is -2.31. The molecule has 1 fully saturated rings. The molecule has 4 heteroatoms. The molecule has 0 bridgehead atoms. The molecule has 2 rings (SSSR count). The second kappa shape index (κ2) is 5.51. The first-order valence-electron chi connectivity index (χ1n) is 5.95. The highest BCUT2D eigenvalue weighted by molar-refractivity contribution is 7.99. The van der Waals surface area contributed by atoms with Crippen LogP contribution >= 0.6 is 23.4 Å². The van der Waals surface area contributed by atoms with E-state index in [1.165, 1.54) is 17.9 Å². The zero-order valence-corrected chi connectivity index (χ0v) is 11.9. The van der Waals surface area contributed by atoms with Crippen molar-refractivity contribution in [1.29, 1.82) is 0 Å². The van der Waals surface area contributed by atoms with Crippen molar-refractivity contribution in [1.82, 2.24) is 0 Å². The summed E-state index contributed by atoms with van der Waals surface area (Å²) in [5, 5.41) is 0.805. The number of hydrogen-bond acceptors (Lipinski definition) is 3. The smallest absolute Gasteiger partial charge is 0.0642 e. The Hall–Kier alpha value is -0.380. The van der Waals surface area contributed by atoms with Gasteiger partial charge in [0.05, 0.1) is 10.7 Å². The first kappa shape index (κ1) is 13.1. The van der Waals surface area contributed by atoms with Gasteiger partial charge < -0.3 is 10.6 Å². The van der Waals surface area contributed by atoms with Crippen molar-refractivity contribution >= 4 is 29.1 Å². The van der Waals surface area contributed by atoms with E-state index in [-0.39, 0.29) is 6.04 Å². The maximum absolute atomic E-state index is 6.34. The molecule has 1 aromatic rings. The van der Waals surface area contributed by atoms with Gasteiger partial charge in [0.2, 0.25) is 0 Å². The van der Waals surface area contributed by atoms with Gasteiger partial charge >= 0.3 is 0 Å². The number of benzene rings is 1. The van der Waals surface area contributed by atoms with Gasteiger partial charge in [0, 0.05) is 24.9 Å². The largest absolute Gasteiger partial charge is 0.370 e. The first-order valence-corrected chi connectivity index (χ1v) is 7.48. The summed E-state index contributed by atoms with van der Waals surface area (Å²) < 4.78 is 0. The SMILES string of the molecule is C[C@@H](N)c1ccc(N(C)C2CCSC2)c(Cl)c1. The molecule has 1 saturated heterocycles. The van der Waals surface area contributed by atoms with Crippen LogP contribution in [0.15, 0.2) is 18.2 Å². The van der Waals surface area contributed by atoms with E-state index in [2.05, 4.69) is 24.1 Å². The van der Waals surface area contributed by atoms with Crippen LogP contribution in [0.5, 0.6) is 0 Å². The molecule has 1 aliphatic heterocycles. The molecule has 1 unspecified atom stereocenters. The van der Waals surface area contributed by atoms with Gasteiger partial charge in [-0.1, -0.05) is 17.7 Å². The Morgan fingerprint density at radius 3 is 2.82 bits per heavy atom. The molecule has 1 heterocycles. The molecule has 17 heavy (non-hydrogen) atoms. The Morgan fingerprint density at radius 1 is 1.53 bits per heavy atom. The number of rotatable bonds is 3. The highest BCUT2D eigenvalue weighted by Crippen LogP contribution is 2.32. The van der Waals surface area contributed by atoms with E-state index in [1.807, 2.05) is 24.8 Å². The topological polar surface area (TPSA) is 29.3 Å². The predicted octanol–water partition coefficient (Wildman–Crippen LogP) is 3.30. The monoisotopic (exact) mass is 270 g/mol. The Morgan fingerprint density at radius 2 is 2.29 bits per heavy atom. The van der Waals surface area contributed by atoms with Crippen molar-refractivity contribution in [3.05, 3.63) is 28.8 Å². The average Bonchev–Trinajstić information content (AvgIpc) is 2.81. The summed E-state index contributed by atoms with van der Waals surface area (Å²) in [6.07, 6.45) is 1.24. The number of thioether (sulfide) groups is 1. The fourth-order valence-electron chi connectivity index (χ4n) is 2.12. The van der Waals surface area contributed by atoms with Crippen LogP contribution in [0.3, 0.4) is 0 Å². The summed E-state index contributed by atoms with van der Waals surface area (Å²) in [6.45, 7) is 1.97. The minimum atomic E-state index is 0.0360. The Kier molecular flexibility index (Phi) is 4.23. The minimum absolute atomic E-state index is 0.0360. The number of halogens is 1. The molecular formula is C13H19ClN2S. The van der Waals surface area contributed by atoms with Crippen molar-refractivity contribution in [3.63, 3.8) is 0 Å². The number of nitrogens with zero attached hydrogens (tertiary/aromatic N) is 1. The third-order valence-corrected chi connectivity index (χ3v) is 4.78. The lowest BCUT2D eigenvalue weighted by molar-refractivity contribution is 0.699. The highest BCUT2D eigenvalue weighted by Gasteiger charge is 2.21. The van der Waals surface area contributed by atoms with Crippen molar-refractivity contribution in [2.45, 2.75) is 25.4 Å². The number of nitrogens with two attached hydrogens (primary N) is 1. The van der Waals surface area contributed by atoms with Gasteiger partial charge in [-0.15, -0.1) is 0 Å². The fourth-order valence-corrected chi connectivity index (χ4v) is 3.71. The maximum Gasteiger partial charge on any atom is 0.0642 e. The van der Waals surface area contributed by atoms with Gasteiger partial charge in [0.15, 0.2) is 0 Å². The molecule has 0 radical (unpaired) electrons. The summed E-state index contributed by atoms with van der Waals surface area (Å²) in [7, 11) is 2.13. The fraction of sp³-hybridized carbons (Fsp3) is 0.538. The third kappa shape index (κ3) is 2.90. The summed E-state index contributed by atoms with van der Waals surface area (Å²) in [6, 6.07) is 6.79. The molecule has 94 valence electrons. The molecule has 0 spiro atoms. The van der Waals surface area contributed by atoms with Gasteiger partial charge in [-0.2, -0.15) is 11.8 Å².